The number of likely N-dealkylation sites (N-methyl/N-ethyl adjacent to an activating group) is 1. The molecule has 7 nitrogen and oxygen atoms in total. The largest absolute Gasteiger partial charge is 0.383 e. The summed E-state index contributed by atoms with van der Waals surface area (Å²) in [6.45, 7) is 7.28. The van der Waals surface area contributed by atoms with Gasteiger partial charge in [-0.15, -0.1) is 0 Å². The SMILES string of the molecule is Cc1cc(NC(=O)CCc2ccc(-c3cnc(N)c(C=N)c3)cc2F)ccc1CN1CCN(C)CC1. The van der Waals surface area contributed by atoms with Crippen molar-refractivity contribution in [2.45, 2.75) is 26.3 Å². The zero-order valence-corrected chi connectivity index (χ0v) is 20.9. The molecule has 1 aromatic heterocycles. The standard InChI is InChI=1S/C28H33FN6O/c1-19-13-25(7-5-22(19)18-35-11-9-34(2)10-12-35)33-27(36)8-6-20-3-4-21(15-26(20)29)24-14-23(16-30)28(31)32-17-24/h3-5,7,13-17,30H,6,8-12,18H2,1-2H3,(H2,31,32)(H,33,36). The van der Waals surface area contributed by atoms with Gasteiger partial charge in [-0.2, -0.15) is 0 Å². The lowest BCUT2D eigenvalue weighted by Gasteiger charge is -2.32. The number of rotatable bonds is 8. The molecule has 0 atom stereocenters. The van der Waals surface area contributed by atoms with E-state index in [0.717, 1.165) is 50.2 Å². The van der Waals surface area contributed by atoms with Crippen LogP contribution in [0.3, 0.4) is 0 Å². The van der Waals surface area contributed by atoms with Gasteiger partial charge in [-0.1, -0.05) is 18.2 Å². The summed E-state index contributed by atoms with van der Waals surface area (Å²) in [5.41, 5.74) is 11.2. The quantitative estimate of drug-likeness (QED) is 0.415. The van der Waals surface area contributed by atoms with Gasteiger partial charge in [-0.25, -0.2) is 9.37 Å². The lowest BCUT2D eigenvalue weighted by atomic mass is 10.0. The first kappa shape index (κ1) is 25.5. The smallest absolute Gasteiger partial charge is 0.224 e. The number of aromatic nitrogens is 1. The summed E-state index contributed by atoms with van der Waals surface area (Å²) >= 11 is 0. The van der Waals surface area contributed by atoms with Crippen molar-refractivity contribution in [2.75, 3.05) is 44.3 Å². The van der Waals surface area contributed by atoms with Gasteiger partial charge in [0.05, 0.1) is 0 Å². The van der Waals surface area contributed by atoms with Crippen LogP contribution in [0.1, 0.15) is 28.7 Å². The third-order valence-electron chi connectivity index (χ3n) is 6.73. The molecule has 1 aliphatic rings. The minimum atomic E-state index is -0.377. The van der Waals surface area contributed by atoms with Gasteiger partial charge in [-0.05, 0) is 66.9 Å². The van der Waals surface area contributed by atoms with E-state index in [2.05, 4.69) is 40.1 Å². The Bertz CT molecular complexity index is 1250. The molecule has 1 fully saturated rings. The van der Waals surface area contributed by atoms with Crippen LogP contribution in [-0.4, -0.2) is 60.1 Å². The monoisotopic (exact) mass is 488 g/mol. The Morgan fingerprint density at radius 3 is 2.56 bits per heavy atom. The van der Waals surface area contributed by atoms with E-state index in [-0.39, 0.29) is 24.0 Å². The van der Waals surface area contributed by atoms with Gasteiger partial charge in [0.15, 0.2) is 0 Å². The number of nitrogens with zero attached hydrogens (tertiary/aromatic N) is 3. The van der Waals surface area contributed by atoms with Crippen molar-refractivity contribution in [3.05, 3.63) is 76.7 Å². The Morgan fingerprint density at radius 1 is 1.11 bits per heavy atom. The molecule has 0 unspecified atom stereocenters. The maximum Gasteiger partial charge on any atom is 0.224 e. The zero-order chi connectivity index (χ0) is 25.7. The van der Waals surface area contributed by atoms with Crippen molar-refractivity contribution in [3.8, 4) is 11.1 Å². The van der Waals surface area contributed by atoms with Gasteiger partial charge < -0.3 is 21.4 Å². The first-order chi connectivity index (χ1) is 17.3. The van der Waals surface area contributed by atoms with Crippen LogP contribution in [0.25, 0.3) is 11.1 Å². The summed E-state index contributed by atoms with van der Waals surface area (Å²) in [6.07, 6.45) is 3.16. The fourth-order valence-corrected chi connectivity index (χ4v) is 4.37. The highest BCUT2D eigenvalue weighted by Crippen LogP contribution is 2.24. The second kappa shape index (κ2) is 11.4. The normalized spacial score (nSPS) is 14.5. The molecule has 1 aliphatic heterocycles. The Labute approximate surface area is 211 Å². The second-order valence-electron chi connectivity index (χ2n) is 9.42. The van der Waals surface area contributed by atoms with E-state index in [1.165, 1.54) is 11.6 Å². The molecule has 2 heterocycles. The molecule has 3 aromatic rings. The Morgan fingerprint density at radius 2 is 1.86 bits per heavy atom. The number of nitrogens with two attached hydrogens (primary N) is 1. The number of halogens is 1. The zero-order valence-electron chi connectivity index (χ0n) is 20.9. The third-order valence-corrected chi connectivity index (χ3v) is 6.73. The van der Waals surface area contributed by atoms with Crippen LogP contribution in [0, 0.1) is 18.2 Å². The van der Waals surface area contributed by atoms with Crippen molar-refractivity contribution in [3.63, 3.8) is 0 Å². The molecule has 0 saturated carbocycles. The number of hydrogen-bond donors (Lipinski definition) is 3. The van der Waals surface area contributed by atoms with Gasteiger partial charge in [0.25, 0.3) is 0 Å². The molecular weight excluding hydrogens is 455 g/mol. The maximum absolute atomic E-state index is 14.8. The van der Waals surface area contributed by atoms with E-state index < -0.39 is 0 Å². The number of carbonyl (C=O) groups is 1. The van der Waals surface area contributed by atoms with Crippen LogP contribution in [0.5, 0.6) is 0 Å². The fourth-order valence-electron chi connectivity index (χ4n) is 4.37. The fraction of sp³-hybridized carbons (Fsp3) is 0.321. The van der Waals surface area contributed by atoms with Crippen molar-refractivity contribution in [2.24, 2.45) is 0 Å². The van der Waals surface area contributed by atoms with E-state index >= 15 is 0 Å². The molecule has 0 spiro atoms. The molecular formula is C28H33FN6O. The van der Waals surface area contributed by atoms with E-state index in [9.17, 15) is 9.18 Å². The molecule has 4 rings (SSSR count). The summed E-state index contributed by atoms with van der Waals surface area (Å²) in [6, 6.07) is 12.6. The number of nitrogens with one attached hydrogen (secondary N) is 2. The molecule has 4 N–H and O–H groups in total. The topological polar surface area (TPSA) is 98.3 Å². The first-order valence-corrected chi connectivity index (χ1v) is 12.2. The minimum Gasteiger partial charge on any atom is -0.383 e. The molecule has 8 heteroatoms. The van der Waals surface area contributed by atoms with Gasteiger partial charge in [0, 0.05) is 68.4 Å². The van der Waals surface area contributed by atoms with Crippen molar-refractivity contribution in [1.82, 2.24) is 14.8 Å². The lowest BCUT2D eigenvalue weighted by molar-refractivity contribution is -0.116. The van der Waals surface area contributed by atoms with Gasteiger partial charge in [0.1, 0.15) is 11.6 Å². The lowest BCUT2D eigenvalue weighted by Crippen LogP contribution is -2.43. The first-order valence-electron chi connectivity index (χ1n) is 12.2. The summed E-state index contributed by atoms with van der Waals surface area (Å²) in [7, 11) is 2.15. The molecule has 0 bridgehead atoms. The van der Waals surface area contributed by atoms with Gasteiger partial charge in [0.2, 0.25) is 5.91 Å². The van der Waals surface area contributed by atoms with Gasteiger partial charge >= 0.3 is 0 Å². The summed E-state index contributed by atoms with van der Waals surface area (Å²) in [5.74, 6) is -0.266. The van der Waals surface area contributed by atoms with E-state index in [1.807, 2.05) is 12.1 Å². The van der Waals surface area contributed by atoms with Crippen LogP contribution in [0.4, 0.5) is 15.9 Å². The number of carbonyl (C=O) groups excluding carboxylic acids is 1. The van der Waals surface area contributed by atoms with Crippen LogP contribution in [-0.2, 0) is 17.8 Å². The molecule has 2 aromatic carbocycles. The van der Waals surface area contributed by atoms with Crippen LogP contribution in [0.2, 0.25) is 0 Å². The molecule has 188 valence electrons. The maximum atomic E-state index is 14.8. The number of benzene rings is 2. The Kier molecular flexibility index (Phi) is 8.07. The molecule has 0 aliphatic carbocycles. The summed E-state index contributed by atoms with van der Waals surface area (Å²) < 4.78 is 14.8. The average molecular weight is 489 g/mol. The highest BCUT2D eigenvalue weighted by molar-refractivity contribution is 5.91. The summed E-state index contributed by atoms with van der Waals surface area (Å²) in [4.78, 5) is 21.4. The van der Waals surface area contributed by atoms with Crippen LogP contribution in [0.15, 0.2) is 48.7 Å². The van der Waals surface area contributed by atoms with Crippen molar-refractivity contribution < 1.29 is 9.18 Å². The highest BCUT2D eigenvalue weighted by Gasteiger charge is 2.15. The number of hydrogen-bond acceptors (Lipinski definition) is 6. The number of pyridine rings is 1. The molecule has 1 amide bonds. The minimum absolute atomic E-state index is 0.150. The highest BCUT2D eigenvalue weighted by atomic mass is 19.1. The van der Waals surface area contributed by atoms with E-state index in [4.69, 9.17) is 11.1 Å². The molecule has 1 saturated heterocycles. The third kappa shape index (κ3) is 6.33. The average Bonchev–Trinajstić information content (AvgIpc) is 2.86. The van der Waals surface area contributed by atoms with Crippen LogP contribution < -0.4 is 11.1 Å². The second-order valence-corrected chi connectivity index (χ2v) is 9.42. The number of aryl methyl sites for hydroxylation is 2. The number of amides is 1. The van der Waals surface area contributed by atoms with E-state index in [1.54, 1.807) is 24.4 Å². The molecule has 36 heavy (non-hydrogen) atoms. The number of piperazine rings is 1. The Hall–Kier alpha value is -3.62. The Balaban J connectivity index is 1.32. The predicted molar refractivity (Wildman–Crippen MR) is 143 cm³/mol. The van der Waals surface area contributed by atoms with Crippen molar-refractivity contribution in [1.29, 1.82) is 5.41 Å². The number of anilines is 2. The predicted octanol–water partition coefficient (Wildman–Crippen LogP) is 4.09. The molecule has 0 radical (unpaired) electrons. The summed E-state index contributed by atoms with van der Waals surface area (Å²) in [5, 5.41) is 10.4. The van der Waals surface area contributed by atoms with Gasteiger partial charge in [-0.3, -0.25) is 9.69 Å². The van der Waals surface area contributed by atoms with Crippen molar-refractivity contribution >= 4 is 23.6 Å². The van der Waals surface area contributed by atoms with Crippen LogP contribution >= 0.6 is 0 Å². The van der Waals surface area contributed by atoms with E-state index in [0.29, 0.717) is 28.7 Å². The number of nitrogen functional groups attached to an aromatic ring is 1.